The summed E-state index contributed by atoms with van der Waals surface area (Å²) in [4.78, 5) is 0. The second kappa shape index (κ2) is 71.4. The predicted octanol–water partition coefficient (Wildman–Crippen LogP) is 3.44. The Kier molecular flexibility index (Phi) is 161. The van der Waals surface area contributed by atoms with Crippen LogP contribution in [0.25, 0.3) is 0 Å². The number of hydrogen-bond donors (Lipinski definition) is 0. The maximum Gasteiger partial charge on any atom is 0 e. The van der Waals surface area contributed by atoms with Gasteiger partial charge in [-0.15, -0.1) is 0 Å². The van der Waals surface area contributed by atoms with E-state index in [0.717, 1.165) is 0 Å². The third-order valence-electron chi connectivity index (χ3n) is 0. The molecule has 12 radical (unpaired) electrons. The van der Waals surface area contributed by atoms with Crippen LogP contribution in [0.1, 0.15) is 0 Å². The molecule has 0 spiro atoms. The van der Waals surface area contributed by atoms with Crippen molar-refractivity contribution >= 4 is 0 Å². The fraction of sp³-hybridized carbons (Fsp3) is 0. The average molecular weight is 396 g/mol. The molecule has 0 aromatic rings. The summed E-state index contributed by atoms with van der Waals surface area (Å²) in [7, 11) is 0. The molecule has 13 heavy (non-hydrogen) atoms. The van der Waals surface area contributed by atoms with Gasteiger partial charge in [0, 0.05) is 39.9 Å². The minimum absolute atomic E-state index is 0. The van der Waals surface area contributed by atoms with Gasteiger partial charge in [0.2, 0.25) is 0 Å². The normalized spacial score (nSPS) is 5.54. The Labute approximate surface area is 120 Å². The number of hydrogen-bond acceptors (Lipinski definition) is 0. The molecule has 0 nitrogen and oxygen atoms in total. The van der Waals surface area contributed by atoms with Crippen LogP contribution in [-0.4, -0.2) is 0 Å². The predicted molar refractivity (Wildman–Crippen MR) is 60.1 cm³/mol. The first kappa shape index (κ1) is 29.3. The molecule has 0 N–H and O–H groups in total. The first-order valence-corrected chi connectivity index (χ1v) is 3.27. The first-order chi connectivity index (χ1) is 5.66. The molecule has 0 atom stereocenters. The second-order valence-corrected chi connectivity index (χ2v) is 1.15. The SMILES string of the molecule is [CH2][CH][CH2].[CH2][CH][CH2].[CH2][CH][CH2].[CH2][CH][CH2].[Th]. The van der Waals surface area contributed by atoms with Gasteiger partial charge in [0.25, 0.3) is 0 Å². The van der Waals surface area contributed by atoms with Crippen LogP contribution in [-0.2, 0) is 0 Å². The fourth-order valence-corrected chi connectivity index (χ4v) is 0. The van der Waals surface area contributed by atoms with Crippen LogP contribution in [0.5, 0.6) is 0 Å². The van der Waals surface area contributed by atoms with E-state index in [1.54, 1.807) is 0 Å². The van der Waals surface area contributed by atoms with Crippen molar-refractivity contribution in [1.82, 2.24) is 0 Å². The van der Waals surface area contributed by atoms with E-state index in [4.69, 9.17) is 0 Å². The maximum atomic E-state index is 3.25. The monoisotopic (exact) mass is 396 g/mol. The zero-order chi connectivity index (χ0) is 10.8. The van der Waals surface area contributed by atoms with Gasteiger partial charge in [-0.05, 0) is 81.1 Å². The smallest absolute Gasteiger partial charge is 0 e. The van der Waals surface area contributed by atoms with Gasteiger partial charge in [0.1, 0.15) is 0 Å². The molecule has 0 rings (SSSR count). The summed E-state index contributed by atoms with van der Waals surface area (Å²) in [6.45, 7) is 26.0. The van der Waals surface area contributed by atoms with Crippen LogP contribution in [0.15, 0.2) is 0 Å². The van der Waals surface area contributed by atoms with E-state index in [0.29, 0.717) is 0 Å². The van der Waals surface area contributed by atoms with Crippen molar-refractivity contribution in [1.29, 1.82) is 0 Å². The molecule has 72 valence electrons. The molecule has 0 aliphatic rings. The van der Waals surface area contributed by atoms with E-state index in [2.05, 4.69) is 55.4 Å². The molecule has 0 fully saturated rings. The summed E-state index contributed by atoms with van der Waals surface area (Å²) in [5.74, 6) is 0. The Hall–Kier alpha value is 1.32. The minimum Gasteiger partial charge on any atom is -0.0499 e. The summed E-state index contributed by atoms with van der Waals surface area (Å²) in [5.41, 5.74) is 0. The molecule has 0 saturated heterocycles. The van der Waals surface area contributed by atoms with Crippen molar-refractivity contribution in [2.24, 2.45) is 0 Å². The summed E-state index contributed by atoms with van der Waals surface area (Å²) in [5, 5.41) is 0. The Bertz CT molecular complexity index is 13.1. The molecule has 0 bridgehead atoms. The van der Waals surface area contributed by atoms with Gasteiger partial charge in [-0.2, -0.15) is 0 Å². The van der Waals surface area contributed by atoms with Crippen molar-refractivity contribution in [3.63, 3.8) is 0 Å². The molecule has 0 aliphatic carbocycles. The third kappa shape index (κ3) is 974. The molecule has 1 heteroatoms. The summed E-state index contributed by atoms with van der Waals surface area (Å²) in [6, 6.07) is 0. The molecule has 0 aromatic heterocycles. The second-order valence-electron chi connectivity index (χ2n) is 1.15. The van der Waals surface area contributed by atoms with Crippen LogP contribution in [0.3, 0.4) is 0 Å². The van der Waals surface area contributed by atoms with Crippen molar-refractivity contribution < 1.29 is 39.9 Å². The van der Waals surface area contributed by atoms with Gasteiger partial charge >= 0.3 is 0 Å². The van der Waals surface area contributed by atoms with Gasteiger partial charge in [-0.3, -0.25) is 0 Å². The number of rotatable bonds is 0. The van der Waals surface area contributed by atoms with Gasteiger partial charge in [0.05, 0.1) is 0 Å². The standard InChI is InChI=1S/4C3H5.Th/c4*1-3-2;/h4*3H,1-2H2;. The van der Waals surface area contributed by atoms with Gasteiger partial charge < -0.3 is 0 Å². The Morgan fingerprint density at radius 1 is 0.385 bits per heavy atom. The van der Waals surface area contributed by atoms with E-state index >= 15 is 0 Å². The van der Waals surface area contributed by atoms with Gasteiger partial charge in [-0.25, -0.2) is 0 Å². The molecule has 0 aromatic carbocycles. The molecular formula is C12H20Th. The summed E-state index contributed by atoms with van der Waals surface area (Å²) < 4.78 is 0. The average Bonchev–Trinajstić information content (AvgIpc) is 1.92. The van der Waals surface area contributed by atoms with Crippen LogP contribution >= 0.6 is 0 Å². The van der Waals surface area contributed by atoms with Crippen LogP contribution in [0.2, 0.25) is 0 Å². The van der Waals surface area contributed by atoms with Crippen molar-refractivity contribution in [3.05, 3.63) is 81.1 Å². The van der Waals surface area contributed by atoms with Gasteiger partial charge in [-0.1, -0.05) is 0 Å². The zero-order valence-corrected chi connectivity index (χ0v) is 12.6. The van der Waals surface area contributed by atoms with Crippen LogP contribution in [0.4, 0.5) is 0 Å². The van der Waals surface area contributed by atoms with Crippen LogP contribution < -0.4 is 0 Å². The molecule has 0 unspecified atom stereocenters. The van der Waals surface area contributed by atoms with E-state index in [-0.39, 0.29) is 39.9 Å². The molecular weight excluding hydrogens is 376 g/mol. The first-order valence-electron chi connectivity index (χ1n) is 3.27. The van der Waals surface area contributed by atoms with Crippen LogP contribution in [0, 0.1) is 121 Å². The van der Waals surface area contributed by atoms with Crippen molar-refractivity contribution in [2.45, 2.75) is 0 Å². The summed E-state index contributed by atoms with van der Waals surface area (Å²) in [6.07, 6.45) is 6.00. The zero-order valence-electron chi connectivity index (χ0n) is 8.47. The Morgan fingerprint density at radius 3 is 0.385 bits per heavy atom. The topological polar surface area (TPSA) is 0 Å². The molecule has 0 saturated carbocycles. The molecule has 0 heterocycles. The Morgan fingerprint density at radius 2 is 0.385 bits per heavy atom. The van der Waals surface area contributed by atoms with E-state index < -0.39 is 0 Å². The van der Waals surface area contributed by atoms with E-state index in [1.165, 1.54) is 25.7 Å². The fourth-order valence-electron chi connectivity index (χ4n) is 0. The molecule has 0 aliphatic heterocycles. The maximum absolute atomic E-state index is 3.25. The Balaban J connectivity index is -0.0000000213. The molecule has 0 amide bonds. The van der Waals surface area contributed by atoms with E-state index in [1.807, 2.05) is 0 Å². The largest absolute Gasteiger partial charge is 0.0499 e. The third-order valence-corrected chi connectivity index (χ3v) is 0. The van der Waals surface area contributed by atoms with Gasteiger partial charge in [0.15, 0.2) is 0 Å². The van der Waals surface area contributed by atoms with Crippen molar-refractivity contribution in [2.75, 3.05) is 0 Å². The summed E-state index contributed by atoms with van der Waals surface area (Å²) >= 11 is 0. The quantitative estimate of drug-likeness (QED) is 0.589. The minimum atomic E-state index is 0. The van der Waals surface area contributed by atoms with Crippen molar-refractivity contribution in [3.8, 4) is 0 Å². The van der Waals surface area contributed by atoms with E-state index in [9.17, 15) is 0 Å².